The molecule has 0 spiro atoms. The highest BCUT2D eigenvalue weighted by molar-refractivity contribution is 5.76. The summed E-state index contributed by atoms with van der Waals surface area (Å²) in [6, 6.07) is 0. The second kappa shape index (κ2) is 6.86. The molecule has 1 unspecified atom stereocenters. The first-order valence-corrected chi connectivity index (χ1v) is 6.55. The van der Waals surface area contributed by atoms with Gasteiger partial charge in [-0.1, -0.05) is 33.1 Å². The van der Waals surface area contributed by atoms with Crippen LogP contribution in [0.5, 0.6) is 0 Å². The first kappa shape index (κ1) is 12.5. The van der Waals surface area contributed by atoms with Crippen LogP contribution in [0.2, 0.25) is 0 Å². The summed E-state index contributed by atoms with van der Waals surface area (Å²) in [4.78, 5) is 13.7. The zero-order chi connectivity index (χ0) is 11.1. The number of piperidine rings is 1. The Hall–Kier alpha value is -0.530. The number of carbonyl (C=O) groups excluding carboxylic acids is 1. The Morgan fingerprint density at radius 2 is 2.00 bits per heavy atom. The molecule has 1 saturated heterocycles. The number of likely N-dealkylation sites (tertiary alicyclic amines) is 1. The van der Waals surface area contributed by atoms with Crippen molar-refractivity contribution in [2.24, 2.45) is 5.92 Å². The highest BCUT2D eigenvalue weighted by Gasteiger charge is 2.24. The van der Waals surface area contributed by atoms with Crippen LogP contribution in [0.3, 0.4) is 0 Å². The van der Waals surface area contributed by atoms with Gasteiger partial charge in [0.2, 0.25) is 5.91 Å². The monoisotopic (exact) mass is 211 g/mol. The molecular formula is C13H25NO. The molecule has 0 saturated carbocycles. The lowest BCUT2D eigenvalue weighted by atomic mass is 9.92. The summed E-state index contributed by atoms with van der Waals surface area (Å²) in [6.07, 6.45) is 8.17. The summed E-state index contributed by atoms with van der Waals surface area (Å²) < 4.78 is 0. The van der Waals surface area contributed by atoms with Crippen LogP contribution in [0.4, 0.5) is 0 Å². The molecule has 0 aliphatic carbocycles. The van der Waals surface area contributed by atoms with Crippen molar-refractivity contribution in [1.82, 2.24) is 4.90 Å². The minimum atomic E-state index is 0.385. The van der Waals surface area contributed by atoms with Crippen LogP contribution < -0.4 is 0 Å². The highest BCUT2D eigenvalue weighted by Crippen LogP contribution is 2.22. The Labute approximate surface area is 94.0 Å². The molecule has 0 radical (unpaired) electrons. The lowest BCUT2D eigenvalue weighted by Gasteiger charge is -2.32. The van der Waals surface area contributed by atoms with Crippen molar-refractivity contribution in [3.05, 3.63) is 0 Å². The first-order chi connectivity index (χ1) is 7.27. The molecule has 0 N–H and O–H groups in total. The molecule has 1 rings (SSSR count). The number of unbranched alkanes of at least 4 members (excludes halogenated alkanes) is 2. The summed E-state index contributed by atoms with van der Waals surface area (Å²) in [5.74, 6) is 1.16. The number of nitrogens with zero attached hydrogens (tertiary/aromatic N) is 1. The van der Waals surface area contributed by atoms with Crippen LogP contribution in [0, 0.1) is 5.92 Å². The molecule has 88 valence electrons. The van der Waals surface area contributed by atoms with Crippen molar-refractivity contribution in [2.75, 3.05) is 13.1 Å². The van der Waals surface area contributed by atoms with Crippen LogP contribution >= 0.6 is 0 Å². The zero-order valence-corrected chi connectivity index (χ0v) is 10.3. The lowest BCUT2D eigenvalue weighted by Crippen LogP contribution is -2.40. The van der Waals surface area contributed by atoms with Gasteiger partial charge in [-0.3, -0.25) is 4.79 Å². The molecule has 1 aliphatic rings. The van der Waals surface area contributed by atoms with E-state index >= 15 is 0 Å². The third-order valence-corrected chi connectivity index (χ3v) is 3.35. The van der Waals surface area contributed by atoms with Crippen molar-refractivity contribution in [1.29, 1.82) is 0 Å². The molecule has 1 atom stereocenters. The van der Waals surface area contributed by atoms with Crippen molar-refractivity contribution in [3.8, 4) is 0 Å². The van der Waals surface area contributed by atoms with Crippen LogP contribution in [-0.2, 0) is 4.79 Å². The standard InChI is InChI=1S/C13H25NO/c1-3-5-7-12-8-9-13(15)14(11-12)10-6-4-2/h12H,3-11H2,1-2H3. The Kier molecular flexibility index (Phi) is 5.74. The molecule has 1 aliphatic heterocycles. The van der Waals surface area contributed by atoms with Gasteiger partial charge in [0.15, 0.2) is 0 Å². The van der Waals surface area contributed by atoms with E-state index in [-0.39, 0.29) is 0 Å². The van der Waals surface area contributed by atoms with Gasteiger partial charge in [0, 0.05) is 19.5 Å². The molecule has 15 heavy (non-hydrogen) atoms. The van der Waals surface area contributed by atoms with Gasteiger partial charge in [-0.05, 0) is 25.2 Å². The Morgan fingerprint density at radius 1 is 1.27 bits per heavy atom. The molecule has 0 bridgehead atoms. The zero-order valence-electron chi connectivity index (χ0n) is 10.3. The smallest absolute Gasteiger partial charge is 0.222 e. The molecule has 2 heteroatoms. The van der Waals surface area contributed by atoms with E-state index in [2.05, 4.69) is 18.7 Å². The topological polar surface area (TPSA) is 20.3 Å². The quantitative estimate of drug-likeness (QED) is 0.660. The highest BCUT2D eigenvalue weighted by atomic mass is 16.2. The molecule has 0 aromatic carbocycles. The van der Waals surface area contributed by atoms with Crippen molar-refractivity contribution in [2.45, 2.75) is 58.8 Å². The van der Waals surface area contributed by atoms with E-state index in [9.17, 15) is 4.79 Å². The van der Waals surface area contributed by atoms with E-state index in [4.69, 9.17) is 0 Å². The Morgan fingerprint density at radius 3 is 2.67 bits per heavy atom. The maximum absolute atomic E-state index is 11.6. The normalized spacial score (nSPS) is 22.1. The van der Waals surface area contributed by atoms with Crippen LogP contribution in [-0.4, -0.2) is 23.9 Å². The second-order valence-electron chi connectivity index (χ2n) is 4.74. The molecule has 1 fully saturated rings. The summed E-state index contributed by atoms with van der Waals surface area (Å²) >= 11 is 0. The van der Waals surface area contributed by atoms with E-state index in [1.165, 1.54) is 25.7 Å². The van der Waals surface area contributed by atoms with Crippen molar-refractivity contribution >= 4 is 5.91 Å². The Bertz CT molecular complexity index is 191. The predicted octanol–water partition coefficient (Wildman–Crippen LogP) is 3.22. The molecule has 2 nitrogen and oxygen atoms in total. The van der Waals surface area contributed by atoms with E-state index in [1.54, 1.807) is 0 Å². The van der Waals surface area contributed by atoms with E-state index in [0.717, 1.165) is 38.3 Å². The average molecular weight is 211 g/mol. The van der Waals surface area contributed by atoms with Crippen LogP contribution in [0.25, 0.3) is 0 Å². The summed E-state index contributed by atoms with van der Waals surface area (Å²) in [6.45, 7) is 6.43. The number of hydrogen-bond donors (Lipinski definition) is 0. The molecule has 0 aromatic rings. The summed E-state index contributed by atoms with van der Waals surface area (Å²) in [7, 11) is 0. The van der Waals surface area contributed by atoms with Gasteiger partial charge < -0.3 is 4.90 Å². The molecular weight excluding hydrogens is 186 g/mol. The maximum Gasteiger partial charge on any atom is 0.222 e. The fourth-order valence-corrected chi connectivity index (χ4v) is 2.28. The lowest BCUT2D eigenvalue weighted by molar-refractivity contribution is -0.134. The number of rotatable bonds is 6. The van der Waals surface area contributed by atoms with Crippen LogP contribution in [0.1, 0.15) is 58.8 Å². The van der Waals surface area contributed by atoms with E-state index in [1.807, 2.05) is 0 Å². The van der Waals surface area contributed by atoms with Gasteiger partial charge in [-0.2, -0.15) is 0 Å². The van der Waals surface area contributed by atoms with Gasteiger partial charge >= 0.3 is 0 Å². The molecule has 0 aromatic heterocycles. The summed E-state index contributed by atoms with van der Waals surface area (Å²) in [5, 5.41) is 0. The van der Waals surface area contributed by atoms with Crippen LogP contribution in [0.15, 0.2) is 0 Å². The molecule has 1 amide bonds. The Balaban J connectivity index is 2.31. The van der Waals surface area contributed by atoms with Gasteiger partial charge in [-0.25, -0.2) is 0 Å². The largest absolute Gasteiger partial charge is 0.342 e. The minimum Gasteiger partial charge on any atom is -0.342 e. The fraction of sp³-hybridized carbons (Fsp3) is 0.923. The predicted molar refractivity (Wildman–Crippen MR) is 63.7 cm³/mol. The van der Waals surface area contributed by atoms with Gasteiger partial charge in [0.25, 0.3) is 0 Å². The van der Waals surface area contributed by atoms with Gasteiger partial charge in [-0.15, -0.1) is 0 Å². The maximum atomic E-state index is 11.6. The average Bonchev–Trinajstić information content (AvgIpc) is 2.26. The SMILES string of the molecule is CCCCC1CCC(=O)N(CCCC)C1. The minimum absolute atomic E-state index is 0.385. The number of hydrogen-bond acceptors (Lipinski definition) is 1. The van der Waals surface area contributed by atoms with Crippen molar-refractivity contribution < 1.29 is 4.79 Å². The number of amides is 1. The third kappa shape index (κ3) is 4.23. The molecule has 1 heterocycles. The number of carbonyl (C=O) groups is 1. The van der Waals surface area contributed by atoms with E-state index in [0.29, 0.717) is 5.91 Å². The van der Waals surface area contributed by atoms with Gasteiger partial charge in [0.1, 0.15) is 0 Å². The third-order valence-electron chi connectivity index (χ3n) is 3.35. The van der Waals surface area contributed by atoms with E-state index < -0.39 is 0 Å². The second-order valence-corrected chi connectivity index (χ2v) is 4.74. The fourth-order valence-electron chi connectivity index (χ4n) is 2.28. The van der Waals surface area contributed by atoms with Crippen molar-refractivity contribution in [3.63, 3.8) is 0 Å². The van der Waals surface area contributed by atoms with Gasteiger partial charge in [0.05, 0.1) is 0 Å². The summed E-state index contributed by atoms with van der Waals surface area (Å²) in [5.41, 5.74) is 0. The first-order valence-electron chi connectivity index (χ1n) is 6.55.